The molecule has 1 unspecified atom stereocenters. The molecule has 1 aliphatic heterocycles. The molecular formula is C26H26N2O2S. The van der Waals surface area contributed by atoms with Crippen molar-refractivity contribution in [2.24, 2.45) is 0 Å². The number of rotatable bonds is 5. The highest BCUT2D eigenvalue weighted by molar-refractivity contribution is 8.00. The van der Waals surface area contributed by atoms with Crippen molar-refractivity contribution in [3.05, 3.63) is 94.5 Å². The molecule has 1 fully saturated rings. The highest BCUT2D eigenvalue weighted by Crippen LogP contribution is 2.42. The SMILES string of the molecule is CCc1ccc(C(=O)Nc2ccc(C3SCC(=O)N3c3ccc(C)c(C)c3)cc2)cc1. The third-order valence-corrected chi connectivity index (χ3v) is 6.93. The highest BCUT2D eigenvalue weighted by Gasteiger charge is 2.34. The van der Waals surface area contributed by atoms with Crippen LogP contribution in [-0.2, 0) is 11.2 Å². The van der Waals surface area contributed by atoms with Crippen molar-refractivity contribution in [3.8, 4) is 0 Å². The van der Waals surface area contributed by atoms with E-state index in [-0.39, 0.29) is 17.2 Å². The van der Waals surface area contributed by atoms with Gasteiger partial charge < -0.3 is 5.32 Å². The third kappa shape index (κ3) is 4.52. The largest absolute Gasteiger partial charge is 0.322 e. The average molecular weight is 431 g/mol. The van der Waals surface area contributed by atoms with Crippen LogP contribution in [0.4, 0.5) is 11.4 Å². The lowest BCUT2D eigenvalue weighted by Gasteiger charge is -2.25. The van der Waals surface area contributed by atoms with Gasteiger partial charge in [-0.05, 0) is 78.9 Å². The second-order valence-corrected chi connectivity index (χ2v) is 8.89. The Kier molecular flexibility index (Phi) is 6.14. The summed E-state index contributed by atoms with van der Waals surface area (Å²) < 4.78 is 0. The van der Waals surface area contributed by atoms with Gasteiger partial charge in [0.25, 0.3) is 5.91 Å². The molecule has 4 nitrogen and oxygen atoms in total. The van der Waals surface area contributed by atoms with Crippen LogP contribution in [-0.4, -0.2) is 17.6 Å². The number of carbonyl (C=O) groups excluding carboxylic acids is 2. The zero-order chi connectivity index (χ0) is 22.0. The van der Waals surface area contributed by atoms with Gasteiger partial charge in [0.1, 0.15) is 5.37 Å². The number of hydrogen-bond acceptors (Lipinski definition) is 3. The fourth-order valence-electron chi connectivity index (χ4n) is 3.65. The first kappa shape index (κ1) is 21.2. The zero-order valence-corrected chi connectivity index (χ0v) is 18.8. The molecule has 1 N–H and O–H groups in total. The first-order chi connectivity index (χ1) is 15.0. The molecule has 0 spiro atoms. The van der Waals surface area contributed by atoms with Crippen LogP contribution in [0.1, 0.15) is 44.9 Å². The van der Waals surface area contributed by atoms with Gasteiger partial charge in [-0.25, -0.2) is 0 Å². The molecular weight excluding hydrogens is 404 g/mol. The summed E-state index contributed by atoms with van der Waals surface area (Å²) in [6.45, 7) is 6.23. The van der Waals surface area contributed by atoms with Gasteiger partial charge in [-0.3, -0.25) is 14.5 Å². The molecule has 0 saturated carbocycles. The van der Waals surface area contributed by atoms with E-state index >= 15 is 0 Å². The molecule has 0 aromatic heterocycles. The minimum absolute atomic E-state index is 0.0686. The highest BCUT2D eigenvalue weighted by atomic mass is 32.2. The van der Waals surface area contributed by atoms with Gasteiger partial charge in [0, 0.05) is 16.9 Å². The minimum atomic E-state index is -0.127. The van der Waals surface area contributed by atoms with E-state index in [1.807, 2.05) is 59.5 Å². The lowest BCUT2D eigenvalue weighted by atomic mass is 10.1. The summed E-state index contributed by atoms with van der Waals surface area (Å²) in [6.07, 6.45) is 0.949. The number of amides is 2. The quantitative estimate of drug-likeness (QED) is 0.548. The zero-order valence-electron chi connectivity index (χ0n) is 18.0. The summed E-state index contributed by atoms with van der Waals surface area (Å²) in [5.41, 5.74) is 6.93. The topological polar surface area (TPSA) is 49.4 Å². The molecule has 1 atom stereocenters. The minimum Gasteiger partial charge on any atom is -0.322 e. The van der Waals surface area contributed by atoms with Crippen molar-refractivity contribution in [1.29, 1.82) is 0 Å². The van der Waals surface area contributed by atoms with Crippen molar-refractivity contribution in [3.63, 3.8) is 0 Å². The number of nitrogens with one attached hydrogen (secondary N) is 1. The van der Waals surface area contributed by atoms with Crippen LogP contribution in [0.2, 0.25) is 0 Å². The van der Waals surface area contributed by atoms with Gasteiger partial charge in [0.15, 0.2) is 0 Å². The number of hydrogen-bond donors (Lipinski definition) is 1. The smallest absolute Gasteiger partial charge is 0.255 e. The molecule has 0 bridgehead atoms. The predicted molar refractivity (Wildman–Crippen MR) is 129 cm³/mol. The molecule has 31 heavy (non-hydrogen) atoms. The molecule has 3 aromatic carbocycles. The molecule has 0 aliphatic carbocycles. The molecule has 1 heterocycles. The van der Waals surface area contributed by atoms with E-state index in [9.17, 15) is 9.59 Å². The number of nitrogens with zero attached hydrogens (tertiary/aromatic N) is 1. The van der Waals surface area contributed by atoms with Crippen LogP contribution >= 0.6 is 11.8 Å². The molecule has 5 heteroatoms. The van der Waals surface area contributed by atoms with Crippen molar-refractivity contribution >= 4 is 35.0 Å². The second-order valence-electron chi connectivity index (χ2n) is 7.82. The van der Waals surface area contributed by atoms with Crippen molar-refractivity contribution in [2.75, 3.05) is 16.0 Å². The monoisotopic (exact) mass is 430 g/mol. The Morgan fingerprint density at radius 3 is 2.35 bits per heavy atom. The van der Waals surface area contributed by atoms with E-state index in [1.165, 1.54) is 16.7 Å². The van der Waals surface area contributed by atoms with Gasteiger partial charge in [-0.15, -0.1) is 11.8 Å². The predicted octanol–water partition coefficient (Wildman–Crippen LogP) is 5.90. The maximum Gasteiger partial charge on any atom is 0.255 e. The fraction of sp³-hybridized carbons (Fsp3) is 0.231. The van der Waals surface area contributed by atoms with Gasteiger partial charge in [0.05, 0.1) is 5.75 Å². The van der Waals surface area contributed by atoms with Gasteiger partial charge >= 0.3 is 0 Å². The van der Waals surface area contributed by atoms with Crippen LogP contribution in [0.5, 0.6) is 0 Å². The molecule has 1 saturated heterocycles. The Bertz CT molecular complexity index is 1110. The Morgan fingerprint density at radius 1 is 1.00 bits per heavy atom. The van der Waals surface area contributed by atoms with Crippen LogP contribution in [0.25, 0.3) is 0 Å². The number of anilines is 2. The summed E-state index contributed by atoms with van der Waals surface area (Å²) in [4.78, 5) is 27.0. The second kappa shape index (κ2) is 8.98. The van der Waals surface area contributed by atoms with E-state index in [2.05, 4.69) is 38.2 Å². The molecule has 1 aliphatic rings. The molecule has 3 aromatic rings. The first-order valence-corrected chi connectivity index (χ1v) is 11.5. The number of benzene rings is 3. The Morgan fingerprint density at radius 2 is 1.71 bits per heavy atom. The standard InChI is InChI=1S/C26H26N2O2S/c1-4-19-6-8-20(9-7-19)25(30)27-22-12-10-21(11-13-22)26-28(24(29)16-31-26)23-14-5-17(2)18(3)15-23/h5-15,26H,4,16H2,1-3H3,(H,27,30). The third-order valence-electron chi connectivity index (χ3n) is 5.71. The summed E-state index contributed by atoms with van der Waals surface area (Å²) in [6, 6.07) is 21.6. The van der Waals surface area contributed by atoms with Crippen LogP contribution in [0.3, 0.4) is 0 Å². The lowest BCUT2D eigenvalue weighted by molar-refractivity contribution is -0.115. The van der Waals surface area contributed by atoms with E-state index < -0.39 is 0 Å². The summed E-state index contributed by atoms with van der Waals surface area (Å²) in [7, 11) is 0. The summed E-state index contributed by atoms with van der Waals surface area (Å²) in [5.74, 6) is 0.452. The number of carbonyl (C=O) groups is 2. The Balaban J connectivity index is 1.50. The van der Waals surface area contributed by atoms with Crippen molar-refractivity contribution in [1.82, 2.24) is 0 Å². The summed E-state index contributed by atoms with van der Waals surface area (Å²) >= 11 is 1.63. The van der Waals surface area contributed by atoms with Crippen LogP contribution < -0.4 is 10.2 Å². The average Bonchev–Trinajstić information content (AvgIpc) is 3.17. The Hall–Kier alpha value is -3.05. The number of aryl methyl sites for hydroxylation is 3. The maximum absolute atomic E-state index is 12.6. The Labute approximate surface area is 187 Å². The van der Waals surface area contributed by atoms with E-state index in [0.717, 1.165) is 23.4 Å². The van der Waals surface area contributed by atoms with Crippen LogP contribution in [0.15, 0.2) is 66.7 Å². The van der Waals surface area contributed by atoms with Gasteiger partial charge in [-0.1, -0.05) is 37.3 Å². The van der Waals surface area contributed by atoms with Crippen LogP contribution in [0, 0.1) is 13.8 Å². The summed E-state index contributed by atoms with van der Waals surface area (Å²) in [5, 5.41) is 2.88. The maximum atomic E-state index is 12.6. The van der Waals surface area contributed by atoms with Crippen molar-refractivity contribution in [2.45, 2.75) is 32.6 Å². The molecule has 158 valence electrons. The van der Waals surface area contributed by atoms with E-state index in [0.29, 0.717) is 11.3 Å². The van der Waals surface area contributed by atoms with Gasteiger partial charge in [-0.2, -0.15) is 0 Å². The first-order valence-electron chi connectivity index (χ1n) is 10.5. The molecule has 4 rings (SSSR count). The van der Waals surface area contributed by atoms with E-state index in [4.69, 9.17) is 0 Å². The van der Waals surface area contributed by atoms with Crippen molar-refractivity contribution < 1.29 is 9.59 Å². The van der Waals surface area contributed by atoms with E-state index in [1.54, 1.807) is 11.8 Å². The fourth-order valence-corrected chi connectivity index (χ4v) is 4.83. The molecule has 2 amide bonds. The van der Waals surface area contributed by atoms with Gasteiger partial charge in [0.2, 0.25) is 5.91 Å². The lowest BCUT2D eigenvalue weighted by Crippen LogP contribution is -2.27. The number of thioether (sulfide) groups is 1. The normalized spacial score (nSPS) is 15.9. The molecule has 0 radical (unpaired) electrons.